The number of hydrogen-bond acceptors (Lipinski definition) is 3. The van der Waals surface area contributed by atoms with E-state index in [4.69, 9.17) is 16.9 Å². The lowest BCUT2D eigenvalue weighted by molar-refractivity contribution is 0.989. The maximum Gasteiger partial charge on any atom is 0.268 e. The molecule has 1 rings (SSSR count). The van der Waals surface area contributed by atoms with Crippen molar-refractivity contribution in [2.24, 2.45) is 0 Å². The number of alkyl halides is 1. The summed E-state index contributed by atoms with van der Waals surface area (Å²) in [5.41, 5.74) is -0.447. The number of nitrogens with one attached hydrogen (secondary N) is 1. The van der Waals surface area contributed by atoms with Gasteiger partial charge in [0.25, 0.3) is 5.56 Å². The Hall–Kier alpha value is -1.34. The maximum absolute atomic E-state index is 10.9. The summed E-state index contributed by atoms with van der Waals surface area (Å²) >= 11 is 5.38. The Bertz CT molecular complexity index is 352. The van der Waals surface area contributed by atoms with Crippen LogP contribution in [0.2, 0.25) is 0 Å². The van der Waals surface area contributed by atoms with Crippen LogP contribution in [0.3, 0.4) is 0 Å². The predicted octanol–water partition coefficient (Wildman–Crippen LogP) is 0.380. The number of aromatic amines is 1. The van der Waals surface area contributed by atoms with Crippen molar-refractivity contribution in [2.45, 2.75) is 5.88 Å². The van der Waals surface area contributed by atoms with Gasteiger partial charge in [0, 0.05) is 0 Å². The minimum Gasteiger partial charge on any atom is -0.308 e. The Balaban J connectivity index is 3.23. The van der Waals surface area contributed by atoms with Gasteiger partial charge in [-0.15, -0.1) is 11.6 Å². The fraction of sp³-hybridized carbons (Fsp3) is 0.167. The first-order valence-electron chi connectivity index (χ1n) is 2.82. The zero-order valence-corrected chi connectivity index (χ0v) is 6.22. The molecule has 0 aromatic carbocycles. The second kappa shape index (κ2) is 3.17. The molecule has 5 heteroatoms. The number of rotatable bonds is 1. The van der Waals surface area contributed by atoms with Crippen LogP contribution in [-0.2, 0) is 5.88 Å². The number of hydrogen-bond donors (Lipinski definition) is 1. The second-order valence-corrected chi connectivity index (χ2v) is 2.09. The minimum absolute atomic E-state index is 0.00105. The molecule has 0 aliphatic heterocycles. The van der Waals surface area contributed by atoms with Gasteiger partial charge >= 0.3 is 0 Å². The zero-order chi connectivity index (χ0) is 8.27. The topological polar surface area (TPSA) is 69.5 Å². The zero-order valence-electron chi connectivity index (χ0n) is 5.47. The number of nitriles is 1. The van der Waals surface area contributed by atoms with Crippen LogP contribution in [0.15, 0.2) is 11.0 Å². The molecule has 1 N–H and O–H groups in total. The quantitative estimate of drug-likeness (QED) is 0.618. The van der Waals surface area contributed by atoms with Gasteiger partial charge in [-0.25, -0.2) is 4.98 Å². The summed E-state index contributed by atoms with van der Waals surface area (Å²) in [5, 5.41) is 8.34. The van der Waals surface area contributed by atoms with E-state index in [2.05, 4.69) is 9.97 Å². The monoisotopic (exact) mass is 169 g/mol. The Labute approximate surface area is 67.5 Å². The molecule has 0 saturated carbocycles. The van der Waals surface area contributed by atoms with Crippen molar-refractivity contribution in [3.05, 3.63) is 27.9 Å². The molecule has 0 fully saturated rings. The molecule has 0 amide bonds. The second-order valence-electron chi connectivity index (χ2n) is 1.82. The third-order valence-electron chi connectivity index (χ3n) is 1.10. The molecule has 0 spiro atoms. The molecule has 1 aromatic rings. The van der Waals surface area contributed by atoms with Gasteiger partial charge in [0.15, 0.2) is 0 Å². The molecule has 56 valence electrons. The molecule has 0 saturated heterocycles. The van der Waals surface area contributed by atoms with Crippen LogP contribution in [0.4, 0.5) is 0 Å². The van der Waals surface area contributed by atoms with Crippen LogP contribution in [0.1, 0.15) is 11.4 Å². The van der Waals surface area contributed by atoms with Crippen molar-refractivity contribution in [3.63, 3.8) is 0 Å². The molecule has 0 unspecified atom stereocenters. The summed E-state index contributed by atoms with van der Waals surface area (Å²) in [6.07, 6.45) is 1.20. The minimum atomic E-state index is -0.446. The largest absolute Gasteiger partial charge is 0.308 e. The van der Waals surface area contributed by atoms with Crippen molar-refractivity contribution < 1.29 is 0 Å². The highest BCUT2D eigenvalue weighted by Gasteiger charge is 1.98. The third-order valence-corrected chi connectivity index (χ3v) is 1.35. The lowest BCUT2D eigenvalue weighted by Gasteiger charge is -1.91. The normalized spacial score (nSPS) is 9.09. The van der Waals surface area contributed by atoms with Gasteiger partial charge < -0.3 is 4.98 Å². The van der Waals surface area contributed by atoms with E-state index in [9.17, 15) is 4.79 Å². The lowest BCUT2D eigenvalue weighted by Crippen LogP contribution is -2.13. The van der Waals surface area contributed by atoms with Gasteiger partial charge in [-0.3, -0.25) is 4.79 Å². The summed E-state index contributed by atoms with van der Waals surface area (Å²) in [7, 11) is 0. The predicted molar refractivity (Wildman–Crippen MR) is 39.1 cm³/mol. The number of H-pyrrole nitrogens is 1. The van der Waals surface area contributed by atoms with Crippen molar-refractivity contribution in [1.82, 2.24) is 9.97 Å². The van der Waals surface area contributed by atoms with E-state index >= 15 is 0 Å². The molecule has 0 radical (unpaired) electrons. The molecule has 0 bridgehead atoms. The summed E-state index contributed by atoms with van der Waals surface area (Å²) in [6.45, 7) is 0. The van der Waals surface area contributed by atoms with Crippen molar-refractivity contribution in [2.75, 3.05) is 0 Å². The molecule has 0 aliphatic rings. The standard InChI is InChI=1S/C6H4ClN3O/c7-1-5-9-3-4(2-8)6(11)10-5/h3H,1H2,(H,9,10,11). The van der Waals surface area contributed by atoms with E-state index in [0.717, 1.165) is 0 Å². The summed E-state index contributed by atoms with van der Waals surface area (Å²) in [4.78, 5) is 16.9. The van der Waals surface area contributed by atoms with Gasteiger partial charge in [0.2, 0.25) is 0 Å². The highest BCUT2D eigenvalue weighted by Crippen LogP contribution is 1.91. The highest BCUT2D eigenvalue weighted by atomic mass is 35.5. The first-order chi connectivity index (χ1) is 5.27. The van der Waals surface area contributed by atoms with Crippen LogP contribution >= 0.6 is 11.6 Å². The Kier molecular flexibility index (Phi) is 2.24. The van der Waals surface area contributed by atoms with Gasteiger partial charge in [0.05, 0.1) is 12.1 Å². The first-order valence-corrected chi connectivity index (χ1v) is 3.35. The molecule has 4 nitrogen and oxygen atoms in total. The SMILES string of the molecule is N#Cc1cnc(CCl)[nH]c1=O. The van der Waals surface area contributed by atoms with Crippen molar-refractivity contribution >= 4 is 11.6 Å². The number of aromatic nitrogens is 2. The molecular weight excluding hydrogens is 166 g/mol. The summed E-state index contributed by atoms with van der Waals surface area (Å²) in [6, 6.07) is 1.70. The molecule has 1 aromatic heterocycles. The van der Waals surface area contributed by atoms with Crippen molar-refractivity contribution in [1.29, 1.82) is 5.26 Å². The first kappa shape index (κ1) is 7.76. The number of nitrogens with zero attached hydrogens (tertiary/aromatic N) is 2. The molecular formula is C6H4ClN3O. The van der Waals surface area contributed by atoms with E-state index in [0.29, 0.717) is 5.82 Å². The van der Waals surface area contributed by atoms with Gasteiger partial charge in [-0.2, -0.15) is 5.26 Å². The Morgan fingerprint density at radius 2 is 2.55 bits per heavy atom. The van der Waals surface area contributed by atoms with E-state index in [1.165, 1.54) is 6.20 Å². The van der Waals surface area contributed by atoms with E-state index in [1.807, 2.05) is 0 Å². The molecule has 0 atom stereocenters. The Morgan fingerprint density at radius 3 is 3.00 bits per heavy atom. The van der Waals surface area contributed by atoms with Gasteiger partial charge in [-0.1, -0.05) is 0 Å². The van der Waals surface area contributed by atoms with Crippen LogP contribution in [-0.4, -0.2) is 9.97 Å². The van der Waals surface area contributed by atoms with E-state index < -0.39 is 5.56 Å². The van der Waals surface area contributed by atoms with Gasteiger partial charge in [0.1, 0.15) is 17.5 Å². The maximum atomic E-state index is 10.9. The Morgan fingerprint density at radius 1 is 1.82 bits per heavy atom. The average Bonchev–Trinajstić information content (AvgIpc) is 2.04. The van der Waals surface area contributed by atoms with Crippen LogP contribution in [0, 0.1) is 11.3 Å². The van der Waals surface area contributed by atoms with Crippen LogP contribution in [0.5, 0.6) is 0 Å². The van der Waals surface area contributed by atoms with Crippen molar-refractivity contribution in [3.8, 4) is 6.07 Å². The number of halogens is 1. The summed E-state index contributed by atoms with van der Waals surface area (Å²) < 4.78 is 0. The van der Waals surface area contributed by atoms with Crippen LogP contribution in [0.25, 0.3) is 0 Å². The average molecular weight is 170 g/mol. The van der Waals surface area contributed by atoms with E-state index in [1.54, 1.807) is 6.07 Å². The lowest BCUT2D eigenvalue weighted by atomic mass is 10.4. The van der Waals surface area contributed by atoms with Gasteiger partial charge in [-0.05, 0) is 0 Å². The molecule has 0 aliphatic carbocycles. The van der Waals surface area contributed by atoms with E-state index in [-0.39, 0.29) is 11.4 Å². The smallest absolute Gasteiger partial charge is 0.268 e. The molecule has 11 heavy (non-hydrogen) atoms. The highest BCUT2D eigenvalue weighted by molar-refractivity contribution is 6.16. The third kappa shape index (κ3) is 1.57. The molecule has 1 heterocycles. The summed E-state index contributed by atoms with van der Waals surface area (Å²) in [5.74, 6) is 0.511. The van der Waals surface area contributed by atoms with Crippen LogP contribution < -0.4 is 5.56 Å². The fourth-order valence-electron chi connectivity index (χ4n) is 0.579. The fourth-order valence-corrected chi connectivity index (χ4v) is 0.715.